The van der Waals surface area contributed by atoms with Gasteiger partial charge < -0.3 is 18.9 Å². The van der Waals surface area contributed by atoms with Crippen molar-refractivity contribution in [3.63, 3.8) is 0 Å². The lowest BCUT2D eigenvalue weighted by molar-refractivity contribution is -0.141. The van der Waals surface area contributed by atoms with Crippen molar-refractivity contribution < 1.29 is 28.5 Å². The van der Waals surface area contributed by atoms with Crippen LogP contribution in [-0.2, 0) is 14.3 Å². The second-order valence-electron chi connectivity index (χ2n) is 15.4. The Kier molecular flexibility index (Phi) is 25.8. The Labute approximate surface area is 339 Å². The van der Waals surface area contributed by atoms with E-state index in [4.69, 9.17) is 25.4 Å². The maximum Gasteiger partial charge on any atom is 0.390 e. The third-order valence-corrected chi connectivity index (χ3v) is 10.6. The lowest BCUT2D eigenvalue weighted by Crippen LogP contribution is -2.29. The van der Waals surface area contributed by atoms with E-state index < -0.39 is 5.97 Å². The number of allylic oxidation sites excluding steroid dienone is 1. The van der Waals surface area contributed by atoms with Gasteiger partial charge in [0.05, 0.1) is 18.6 Å². The van der Waals surface area contributed by atoms with Crippen LogP contribution in [0.1, 0.15) is 173 Å². The molecule has 0 amide bonds. The Morgan fingerprint density at radius 1 is 0.607 bits per heavy atom. The molecule has 56 heavy (non-hydrogen) atoms. The van der Waals surface area contributed by atoms with Gasteiger partial charge in [-0.1, -0.05) is 115 Å². The van der Waals surface area contributed by atoms with E-state index in [9.17, 15) is 9.59 Å². The molecule has 0 heterocycles. The maximum absolute atomic E-state index is 12.8. The number of benzene rings is 2. The molecule has 0 radical (unpaired) electrons. The summed E-state index contributed by atoms with van der Waals surface area (Å²) in [4.78, 5) is 25.2. The van der Waals surface area contributed by atoms with Crippen molar-refractivity contribution in [3.05, 3.63) is 66.7 Å². The van der Waals surface area contributed by atoms with Gasteiger partial charge in [-0.3, -0.25) is 4.79 Å². The van der Waals surface area contributed by atoms with E-state index in [0.29, 0.717) is 23.7 Å². The number of ether oxygens (including phenoxy) is 4. The van der Waals surface area contributed by atoms with Gasteiger partial charge in [0.1, 0.15) is 17.2 Å². The highest BCUT2D eigenvalue weighted by Gasteiger charge is 2.28. The first-order chi connectivity index (χ1) is 27.6. The minimum atomic E-state index is -0.661. The van der Waals surface area contributed by atoms with Crippen LogP contribution in [-0.4, -0.2) is 31.3 Å². The number of carbonyl (C=O) groups excluding carboxylic acids is 2. The van der Waals surface area contributed by atoms with Gasteiger partial charge in [-0.25, -0.2) is 4.79 Å². The fourth-order valence-corrected chi connectivity index (χ4v) is 7.12. The SMILES string of the molecule is C#CCCCCCCCCCCCCOc1ccc(C#CC(=O)Oc2ccc(OC(=O)C3CCC(OCCCCCCCCCCCCC=C)CC3)cc2)cc1. The van der Waals surface area contributed by atoms with Gasteiger partial charge in [0, 0.05) is 24.5 Å². The zero-order chi connectivity index (χ0) is 39.7. The van der Waals surface area contributed by atoms with Crippen LogP contribution < -0.4 is 14.2 Å². The van der Waals surface area contributed by atoms with Crippen LogP contribution >= 0.6 is 0 Å². The predicted molar refractivity (Wildman–Crippen MR) is 229 cm³/mol. The van der Waals surface area contributed by atoms with Crippen molar-refractivity contribution >= 4 is 11.9 Å². The smallest absolute Gasteiger partial charge is 0.390 e. The topological polar surface area (TPSA) is 71.1 Å². The zero-order valence-electron chi connectivity index (χ0n) is 34.4. The summed E-state index contributed by atoms with van der Waals surface area (Å²) < 4.78 is 23.0. The Morgan fingerprint density at radius 3 is 1.64 bits per heavy atom. The van der Waals surface area contributed by atoms with Crippen molar-refractivity contribution in [1.29, 1.82) is 0 Å². The number of rotatable bonds is 30. The molecular formula is C50H70O6. The molecule has 0 aromatic heterocycles. The first-order valence-corrected chi connectivity index (χ1v) is 22.0. The minimum Gasteiger partial charge on any atom is -0.494 e. The van der Waals surface area contributed by atoms with Crippen molar-refractivity contribution in [2.75, 3.05) is 13.2 Å². The molecule has 6 heteroatoms. The molecule has 3 rings (SSSR count). The number of hydrogen-bond donors (Lipinski definition) is 0. The van der Waals surface area contributed by atoms with Crippen molar-refractivity contribution in [3.8, 4) is 41.4 Å². The molecule has 2 aromatic rings. The summed E-state index contributed by atoms with van der Waals surface area (Å²) in [5.41, 5.74) is 0.700. The van der Waals surface area contributed by atoms with Gasteiger partial charge in [-0.05, 0) is 106 Å². The molecule has 0 spiro atoms. The van der Waals surface area contributed by atoms with E-state index in [1.165, 1.54) is 109 Å². The molecule has 0 aliphatic heterocycles. The highest BCUT2D eigenvalue weighted by Crippen LogP contribution is 2.29. The third-order valence-electron chi connectivity index (χ3n) is 10.6. The average molecular weight is 767 g/mol. The Hall–Kier alpha value is -4.00. The fraction of sp³-hybridized carbons (Fsp3) is 0.600. The molecular weight excluding hydrogens is 697 g/mol. The van der Waals surface area contributed by atoms with Gasteiger partial charge in [0.15, 0.2) is 0 Å². The van der Waals surface area contributed by atoms with Crippen LogP contribution in [0.2, 0.25) is 0 Å². The summed E-state index contributed by atoms with van der Waals surface area (Å²) in [6.45, 7) is 5.29. The first-order valence-electron chi connectivity index (χ1n) is 22.0. The van der Waals surface area contributed by atoms with Gasteiger partial charge in [0.2, 0.25) is 0 Å². The Balaban J connectivity index is 1.19. The highest BCUT2D eigenvalue weighted by molar-refractivity contribution is 5.90. The predicted octanol–water partition coefficient (Wildman–Crippen LogP) is 12.9. The number of terminal acetylenes is 1. The summed E-state index contributed by atoms with van der Waals surface area (Å²) in [7, 11) is 0. The molecule has 2 aromatic carbocycles. The Morgan fingerprint density at radius 2 is 1.09 bits per heavy atom. The highest BCUT2D eigenvalue weighted by atomic mass is 16.5. The van der Waals surface area contributed by atoms with E-state index in [1.807, 2.05) is 30.3 Å². The van der Waals surface area contributed by atoms with E-state index in [1.54, 1.807) is 24.3 Å². The van der Waals surface area contributed by atoms with E-state index >= 15 is 0 Å². The molecule has 6 nitrogen and oxygen atoms in total. The van der Waals surface area contributed by atoms with Crippen molar-refractivity contribution in [1.82, 2.24) is 0 Å². The van der Waals surface area contributed by atoms with Gasteiger partial charge >= 0.3 is 11.9 Å². The number of carbonyl (C=O) groups is 2. The minimum absolute atomic E-state index is 0.124. The van der Waals surface area contributed by atoms with E-state index in [2.05, 4.69) is 24.3 Å². The molecule has 0 saturated heterocycles. The molecule has 306 valence electrons. The molecule has 0 N–H and O–H groups in total. The second kappa shape index (κ2) is 31.1. The van der Waals surface area contributed by atoms with Crippen LogP contribution in [0.15, 0.2) is 61.2 Å². The average Bonchev–Trinajstić information content (AvgIpc) is 3.22. The number of hydrogen-bond acceptors (Lipinski definition) is 6. The number of unbranched alkanes of at least 4 members (excludes halogenated alkanes) is 20. The van der Waals surface area contributed by atoms with Crippen molar-refractivity contribution in [2.24, 2.45) is 5.92 Å². The van der Waals surface area contributed by atoms with Gasteiger partial charge in [-0.2, -0.15) is 0 Å². The van der Waals surface area contributed by atoms with Crippen LogP contribution in [0.5, 0.6) is 17.2 Å². The summed E-state index contributed by atoms with van der Waals surface area (Å²) in [6.07, 6.45) is 38.4. The molecule has 1 aliphatic carbocycles. The largest absolute Gasteiger partial charge is 0.494 e. The molecule has 0 unspecified atom stereocenters. The summed E-state index contributed by atoms with van der Waals surface area (Å²) >= 11 is 0. The zero-order valence-corrected chi connectivity index (χ0v) is 34.4. The lowest BCUT2D eigenvalue weighted by atomic mass is 9.87. The molecule has 1 aliphatic rings. The molecule has 0 bridgehead atoms. The lowest BCUT2D eigenvalue weighted by Gasteiger charge is -2.27. The molecule has 1 saturated carbocycles. The molecule has 1 fully saturated rings. The fourth-order valence-electron chi connectivity index (χ4n) is 7.12. The summed E-state index contributed by atoms with van der Waals surface area (Å²) in [5.74, 6) is 8.66. The summed E-state index contributed by atoms with van der Waals surface area (Å²) in [5, 5.41) is 0. The van der Waals surface area contributed by atoms with Crippen LogP contribution in [0.25, 0.3) is 0 Å². The summed E-state index contributed by atoms with van der Waals surface area (Å²) in [6, 6.07) is 13.9. The van der Waals surface area contributed by atoms with E-state index in [-0.39, 0.29) is 18.0 Å². The third kappa shape index (κ3) is 22.5. The normalized spacial score (nSPS) is 14.9. The van der Waals surface area contributed by atoms with Gasteiger partial charge in [0.25, 0.3) is 0 Å². The molecule has 0 atom stereocenters. The standard InChI is InChI=1S/C50H70O6/c1-3-5-7-9-11-13-15-17-19-21-23-25-41-53-45-32-27-43(28-33-45)29-40-49(51)55-47-36-38-48(39-37-47)56-50(52)44-30-34-46(35-31-44)54-42-26-24-22-20-18-16-14-12-10-8-6-4-2/h1,4,27-28,32-33,36-39,44,46H,2,5-26,30-31,34-35,41-42H2. The van der Waals surface area contributed by atoms with E-state index in [0.717, 1.165) is 70.1 Å². The second-order valence-corrected chi connectivity index (χ2v) is 15.4. The maximum atomic E-state index is 12.8. The first kappa shape index (κ1) is 46.4. The quantitative estimate of drug-likeness (QED) is 0.0259. The van der Waals surface area contributed by atoms with Crippen LogP contribution in [0.4, 0.5) is 0 Å². The van der Waals surface area contributed by atoms with Crippen molar-refractivity contribution in [2.45, 2.75) is 173 Å². The van der Waals surface area contributed by atoms with Gasteiger partial charge in [-0.15, -0.1) is 18.9 Å². The van der Waals surface area contributed by atoms with Crippen LogP contribution in [0, 0.1) is 30.1 Å². The monoisotopic (exact) mass is 767 g/mol. The van der Waals surface area contributed by atoms with Crippen LogP contribution in [0.3, 0.4) is 0 Å². The Bertz CT molecular complexity index is 1440. The number of esters is 2.